The third-order valence-corrected chi connectivity index (χ3v) is 5.30. The molecule has 2 saturated heterocycles. The number of halogens is 3. The highest BCUT2D eigenvalue weighted by Crippen LogP contribution is 2.30. The molecule has 3 heterocycles. The Hall–Kier alpha value is -2.20. The molecule has 0 amide bonds. The number of aliphatic hydroxyl groups excluding tert-OH is 7. The van der Waals surface area contributed by atoms with Crippen LogP contribution in [0.3, 0.4) is 0 Å². The molecule has 1 aromatic rings. The number of methoxy groups -OCH3 is 1. The number of alkyl halides is 3. The van der Waals surface area contributed by atoms with Crippen molar-refractivity contribution in [2.75, 3.05) is 26.9 Å². The Morgan fingerprint density at radius 1 is 0.757 bits per heavy atom. The van der Waals surface area contributed by atoms with Crippen molar-refractivity contribution in [3.63, 3.8) is 0 Å². The first-order chi connectivity index (χ1) is 17.4. The van der Waals surface area contributed by atoms with Gasteiger partial charge in [0.1, 0.15) is 48.8 Å². The molecule has 3 rings (SSSR count). The fourth-order valence-electron chi connectivity index (χ4n) is 3.43. The second-order valence-corrected chi connectivity index (χ2v) is 7.91. The largest absolute Gasteiger partial charge is 0.467 e. The molecule has 2 aliphatic heterocycles. The molecule has 2 aliphatic rings. The first-order valence-electron chi connectivity index (χ1n) is 10.6. The Morgan fingerprint density at radius 3 is 1.92 bits per heavy atom. The van der Waals surface area contributed by atoms with Crippen molar-refractivity contribution in [2.45, 2.75) is 67.6 Å². The Balaban J connectivity index is 1.73. The lowest BCUT2D eigenvalue weighted by Gasteiger charge is -2.45. The minimum Gasteiger partial charge on any atom is -0.467 e. The van der Waals surface area contributed by atoms with Gasteiger partial charge < -0.3 is 64.2 Å². The molecule has 0 radical (unpaired) electrons. The van der Waals surface area contributed by atoms with Gasteiger partial charge in [-0.1, -0.05) is 0 Å². The maximum atomic E-state index is 12.4. The standard InChI is InChI=1S/C18H26F3N3O13/c1-32-15-22-16(33-4-18(19,20)21)24-17(23-15)37-14-11(31)9(29)12(6(3-26)35-14)36-13-10(30)8(28)7(27)5(2-25)34-13/h5-14,25-31H,2-4H2,1H3/t5-,6-,7+,8+,9-,10-,11-,12-,13+,14+/m1/s1. The fourth-order valence-corrected chi connectivity index (χ4v) is 3.43. The van der Waals surface area contributed by atoms with Crippen molar-refractivity contribution in [2.24, 2.45) is 0 Å². The van der Waals surface area contributed by atoms with Crippen LogP contribution >= 0.6 is 0 Å². The molecular weight excluding hydrogens is 523 g/mol. The molecule has 7 N–H and O–H groups in total. The molecule has 0 aliphatic carbocycles. The smallest absolute Gasteiger partial charge is 0.422 e. The van der Waals surface area contributed by atoms with Crippen molar-refractivity contribution in [3.8, 4) is 18.0 Å². The summed E-state index contributed by atoms with van der Waals surface area (Å²) in [5.41, 5.74) is 0. The Kier molecular flexibility index (Phi) is 9.61. The van der Waals surface area contributed by atoms with Crippen LogP contribution in [0.4, 0.5) is 13.2 Å². The van der Waals surface area contributed by atoms with Crippen LogP contribution in [0.15, 0.2) is 0 Å². The predicted octanol–water partition coefficient (Wildman–Crippen LogP) is -4.18. The number of aromatic nitrogens is 3. The maximum Gasteiger partial charge on any atom is 0.422 e. The SMILES string of the molecule is COc1nc(OCC(F)(F)F)nc(O[C@@H]2O[C@H](CO)[C@@H](O[C@@H]3O[C@H](CO)[C@H](O)[C@H](O)[C@H]3O)[C@H](O)[C@H]2O)n1. The molecule has 19 heteroatoms. The van der Waals surface area contributed by atoms with E-state index in [2.05, 4.69) is 19.7 Å². The quantitative estimate of drug-likeness (QED) is 0.155. The van der Waals surface area contributed by atoms with E-state index in [1.807, 2.05) is 0 Å². The van der Waals surface area contributed by atoms with Crippen LogP contribution in [-0.4, -0.2) is 145 Å². The van der Waals surface area contributed by atoms with E-state index >= 15 is 0 Å². The molecule has 16 nitrogen and oxygen atoms in total. The monoisotopic (exact) mass is 549 g/mol. The molecule has 0 aromatic carbocycles. The molecule has 0 saturated carbocycles. The van der Waals surface area contributed by atoms with Gasteiger partial charge in [-0.2, -0.15) is 13.2 Å². The average Bonchev–Trinajstić information content (AvgIpc) is 2.86. The average molecular weight is 549 g/mol. The third kappa shape index (κ3) is 7.02. The first kappa shape index (κ1) is 29.4. The van der Waals surface area contributed by atoms with Gasteiger partial charge in [0.15, 0.2) is 12.9 Å². The highest BCUT2D eigenvalue weighted by Gasteiger charge is 2.51. The van der Waals surface area contributed by atoms with Crippen molar-refractivity contribution in [1.82, 2.24) is 15.0 Å². The molecule has 0 spiro atoms. The number of aliphatic hydroxyl groups is 7. The van der Waals surface area contributed by atoms with E-state index in [0.717, 1.165) is 7.11 Å². The Bertz CT molecular complexity index is 883. The zero-order chi connectivity index (χ0) is 27.5. The summed E-state index contributed by atoms with van der Waals surface area (Å²) in [7, 11) is 1.09. The minimum atomic E-state index is -4.71. The summed E-state index contributed by atoms with van der Waals surface area (Å²) in [4.78, 5) is 10.6. The maximum absolute atomic E-state index is 12.4. The number of rotatable bonds is 9. The summed E-state index contributed by atoms with van der Waals surface area (Å²) in [5, 5.41) is 70.1. The van der Waals surface area contributed by atoms with Crippen molar-refractivity contribution in [1.29, 1.82) is 0 Å². The zero-order valence-corrected chi connectivity index (χ0v) is 19.0. The summed E-state index contributed by atoms with van der Waals surface area (Å²) < 4.78 is 67.7. The van der Waals surface area contributed by atoms with Gasteiger partial charge in [-0.3, -0.25) is 0 Å². The lowest BCUT2D eigenvalue weighted by molar-refractivity contribution is -0.352. The van der Waals surface area contributed by atoms with Crippen LogP contribution < -0.4 is 14.2 Å². The van der Waals surface area contributed by atoms with Crippen molar-refractivity contribution >= 4 is 0 Å². The summed E-state index contributed by atoms with van der Waals surface area (Å²) in [6.45, 7) is -3.36. The topological polar surface area (TPSA) is 236 Å². The second-order valence-electron chi connectivity index (χ2n) is 7.91. The van der Waals surface area contributed by atoms with Crippen LogP contribution in [0.25, 0.3) is 0 Å². The fraction of sp³-hybridized carbons (Fsp3) is 0.833. The summed E-state index contributed by atoms with van der Waals surface area (Å²) in [5.74, 6) is 0. The third-order valence-electron chi connectivity index (χ3n) is 5.30. The summed E-state index contributed by atoms with van der Waals surface area (Å²) in [6.07, 6.45) is -21.9. The van der Waals surface area contributed by atoms with E-state index in [1.54, 1.807) is 0 Å². The summed E-state index contributed by atoms with van der Waals surface area (Å²) >= 11 is 0. The molecule has 2 fully saturated rings. The van der Waals surface area contributed by atoms with Crippen LogP contribution in [0.1, 0.15) is 0 Å². The molecular formula is C18H26F3N3O13. The van der Waals surface area contributed by atoms with Crippen LogP contribution in [-0.2, 0) is 14.2 Å². The van der Waals surface area contributed by atoms with Gasteiger partial charge >= 0.3 is 24.2 Å². The zero-order valence-electron chi connectivity index (χ0n) is 19.0. The molecule has 0 unspecified atom stereocenters. The summed E-state index contributed by atoms with van der Waals surface area (Å²) in [6, 6.07) is -2.09. The number of ether oxygens (including phenoxy) is 6. The van der Waals surface area contributed by atoms with Crippen molar-refractivity contribution < 1.29 is 77.3 Å². The lowest BCUT2D eigenvalue weighted by Crippen LogP contribution is -2.65. The number of nitrogens with zero attached hydrogens (tertiary/aromatic N) is 3. The van der Waals surface area contributed by atoms with E-state index in [9.17, 15) is 48.9 Å². The molecule has 10 atom stereocenters. The molecule has 212 valence electrons. The molecule has 1 aromatic heterocycles. The Morgan fingerprint density at radius 2 is 1.32 bits per heavy atom. The minimum absolute atomic E-state index is 0.518. The number of hydrogen-bond donors (Lipinski definition) is 7. The number of hydrogen-bond acceptors (Lipinski definition) is 16. The van der Waals surface area contributed by atoms with Gasteiger partial charge in [0.2, 0.25) is 6.29 Å². The van der Waals surface area contributed by atoms with E-state index < -0.39 is 105 Å². The van der Waals surface area contributed by atoms with Gasteiger partial charge in [0.05, 0.1) is 20.3 Å². The van der Waals surface area contributed by atoms with Crippen LogP contribution in [0.5, 0.6) is 18.0 Å². The van der Waals surface area contributed by atoms with Gasteiger partial charge in [-0.15, -0.1) is 15.0 Å². The van der Waals surface area contributed by atoms with Crippen LogP contribution in [0, 0.1) is 0 Å². The predicted molar refractivity (Wildman–Crippen MR) is 105 cm³/mol. The first-order valence-corrected chi connectivity index (χ1v) is 10.6. The van der Waals surface area contributed by atoms with Gasteiger partial charge in [-0.25, -0.2) is 0 Å². The Labute approximate surface area is 205 Å². The van der Waals surface area contributed by atoms with E-state index in [-0.39, 0.29) is 0 Å². The van der Waals surface area contributed by atoms with Gasteiger partial charge in [0.25, 0.3) is 0 Å². The second kappa shape index (κ2) is 12.1. The van der Waals surface area contributed by atoms with E-state index in [1.165, 1.54) is 0 Å². The van der Waals surface area contributed by atoms with E-state index in [0.29, 0.717) is 0 Å². The normalized spacial score (nSPS) is 36.7. The highest BCUT2D eigenvalue weighted by molar-refractivity contribution is 5.09. The van der Waals surface area contributed by atoms with Crippen molar-refractivity contribution in [3.05, 3.63) is 0 Å². The molecule has 37 heavy (non-hydrogen) atoms. The van der Waals surface area contributed by atoms with Crippen LogP contribution in [0.2, 0.25) is 0 Å². The van der Waals surface area contributed by atoms with Gasteiger partial charge in [-0.05, 0) is 0 Å². The lowest BCUT2D eigenvalue weighted by atomic mass is 9.97. The highest BCUT2D eigenvalue weighted by atomic mass is 19.4. The van der Waals surface area contributed by atoms with Gasteiger partial charge in [0, 0.05) is 0 Å². The molecule has 0 bridgehead atoms. The van der Waals surface area contributed by atoms with E-state index in [4.69, 9.17) is 23.7 Å².